The number of aromatic amines is 1. The van der Waals surface area contributed by atoms with Crippen molar-refractivity contribution in [2.24, 2.45) is 5.92 Å². The van der Waals surface area contributed by atoms with Gasteiger partial charge >= 0.3 is 0 Å². The number of halogens is 1. The quantitative estimate of drug-likeness (QED) is 0.896. The number of H-pyrrole nitrogens is 1. The van der Waals surface area contributed by atoms with Gasteiger partial charge in [0.05, 0.1) is 6.04 Å². The first-order valence-electron chi connectivity index (χ1n) is 9.33. The predicted octanol–water partition coefficient (Wildman–Crippen LogP) is 3.36. The zero-order valence-corrected chi connectivity index (χ0v) is 16.0. The number of rotatable bonds is 4. The van der Waals surface area contributed by atoms with Crippen molar-refractivity contribution in [2.75, 3.05) is 13.1 Å². The fraction of sp³-hybridized carbons (Fsp3) is 0.429. The summed E-state index contributed by atoms with van der Waals surface area (Å²) in [6.45, 7) is 7.36. The Morgan fingerprint density at radius 2 is 2.00 bits per heavy atom. The van der Waals surface area contributed by atoms with Crippen molar-refractivity contribution in [2.45, 2.75) is 39.8 Å². The second-order valence-corrected chi connectivity index (χ2v) is 7.55. The highest BCUT2D eigenvalue weighted by atomic mass is 19.1. The Morgan fingerprint density at radius 3 is 2.59 bits per heavy atom. The molecule has 1 saturated heterocycles. The third-order valence-electron chi connectivity index (χ3n) is 5.10. The SMILES string of the molecule is Cc1c[nH]c(C(=O)N2CCC(=O)N(Cc3ccc(F)cc3)C(C(C)C)C2)c1. The molecule has 2 aromatic rings. The second kappa shape index (κ2) is 7.94. The van der Waals surface area contributed by atoms with Crippen molar-refractivity contribution in [3.8, 4) is 0 Å². The van der Waals surface area contributed by atoms with Crippen LogP contribution in [0.15, 0.2) is 36.5 Å². The van der Waals surface area contributed by atoms with Gasteiger partial charge < -0.3 is 14.8 Å². The summed E-state index contributed by atoms with van der Waals surface area (Å²) in [6.07, 6.45) is 2.09. The normalized spacial score (nSPS) is 18.1. The van der Waals surface area contributed by atoms with E-state index >= 15 is 0 Å². The first kappa shape index (κ1) is 19.1. The average Bonchev–Trinajstić information content (AvgIpc) is 3.00. The van der Waals surface area contributed by atoms with Crippen LogP contribution in [-0.4, -0.2) is 45.7 Å². The average molecular weight is 371 g/mol. The highest BCUT2D eigenvalue weighted by Gasteiger charge is 2.33. The molecular formula is C21H26FN3O2. The summed E-state index contributed by atoms with van der Waals surface area (Å²) in [5.74, 6) is -0.159. The van der Waals surface area contributed by atoms with E-state index in [1.54, 1.807) is 23.2 Å². The van der Waals surface area contributed by atoms with E-state index in [2.05, 4.69) is 18.8 Å². The van der Waals surface area contributed by atoms with Gasteiger partial charge in [-0.25, -0.2) is 4.39 Å². The molecule has 2 heterocycles. The molecular weight excluding hydrogens is 345 g/mol. The van der Waals surface area contributed by atoms with Crippen LogP contribution >= 0.6 is 0 Å². The first-order valence-corrected chi connectivity index (χ1v) is 9.33. The highest BCUT2D eigenvalue weighted by Crippen LogP contribution is 2.22. The van der Waals surface area contributed by atoms with Gasteiger partial charge in [-0.15, -0.1) is 0 Å². The van der Waals surface area contributed by atoms with E-state index in [0.717, 1.165) is 11.1 Å². The maximum atomic E-state index is 13.2. The molecule has 1 aliphatic rings. The minimum atomic E-state index is -0.292. The van der Waals surface area contributed by atoms with Crippen molar-refractivity contribution < 1.29 is 14.0 Å². The van der Waals surface area contributed by atoms with Crippen molar-refractivity contribution in [1.29, 1.82) is 0 Å². The Labute approximate surface area is 159 Å². The summed E-state index contributed by atoms with van der Waals surface area (Å²) in [5, 5.41) is 0. The minimum absolute atomic E-state index is 0.0241. The molecule has 1 aromatic carbocycles. The van der Waals surface area contributed by atoms with Crippen LogP contribution in [0.3, 0.4) is 0 Å². The van der Waals surface area contributed by atoms with Crippen LogP contribution in [0.1, 0.15) is 41.9 Å². The molecule has 5 nitrogen and oxygen atoms in total. The van der Waals surface area contributed by atoms with Gasteiger partial charge in [-0.3, -0.25) is 9.59 Å². The monoisotopic (exact) mass is 371 g/mol. The molecule has 3 rings (SSSR count). The maximum absolute atomic E-state index is 13.2. The van der Waals surface area contributed by atoms with E-state index in [0.29, 0.717) is 25.3 Å². The Balaban J connectivity index is 1.81. The van der Waals surface area contributed by atoms with Gasteiger partial charge in [0.2, 0.25) is 5.91 Å². The van der Waals surface area contributed by atoms with Crippen molar-refractivity contribution in [1.82, 2.24) is 14.8 Å². The molecule has 2 amide bonds. The van der Waals surface area contributed by atoms with Gasteiger partial charge in [-0.1, -0.05) is 26.0 Å². The summed E-state index contributed by atoms with van der Waals surface area (Å²) in [5.41, 5.74) is 2.44. The van der Waals surface area contributed by atoms with Gasteiger partial charge in [0.1, 0.15) is 11.5 Å². The van der Waals surface area contributed by atoms with Crippen LogP contribution in [0.2, 0.25) is 0 Å². The number of aromatic nitrogens is 1. The third kappa shape index (κ3) is 4.38. The molecule has 144 valence electrons. The molecule has 1 aliphatic heterocycles. The molecule has 0 radical (unpaired) electrons. The molecule has 1 unspecified atom stereocenters. The fourth-order valence-electron chi connectivity index (χ4n) is 3.52. The summed E-state index contributed by atoms with van der Waals surface area (Å²) >= 11 is 0. The smallest absolute Gasteiger partial charge is 0.270 e. The number of amides is 2. The highest BCUT2D eigenvalue weighted by molar-refractivity contribution is 5.93. The van der Waals surface area contributed by atoms with Crippen LogP contribution in [0.5, 0.6) is 0 Å². The lowest BCUT2D eigenvalue weighted by Gasteiger charge is -2.34. The number of carbonyl (C=O) groups excluding carboxylic acids is 2. The lowest BCUT2D eigenvalue weighted by molar-refractivity contribution is -0.134. The molecule has 1 atom stereocenters. The second-order valence-electron chi connectivity index (χ2n) is 7.55. The lowest BCUT2D eigenvalue weighted by Crippen LogP contribution is -2.47. The number of benzene rings is 1. The maximum Gasteiger partial charge on any atom is 0.270 e. The van der Waals surface area contributed by atoms with Crippen LogP contribution in [0.4, 0.5) is 4.39 Å². The van der Waals surface area contributed by atoms with Crippen molar-refractivity contribution in [3.63, 3.8) is 0 Å². The Hall–Kier alpha value is -2.63. The van der Waals surface area contributed by atoms with Gasteiger partial charge in [-0.05, 0) is 42.2 Å². The molecule has 0 aliphatic carbocycles. The van der Waals surface area contributed by atoms with E-state index in [4.69, 9.17) is 0 Å². The van der Waals surface area contributed by atoms with E-state index in [-0.39, 0.29) is 36.0 Å². The third-order valence-corrected chi connectivity index (χ3v) is 5.10. The number of aryl methyl sites for hydroxylation is 1. The zero-order valence-electron chi connectivity index (χ0n) is 16.0. The zero-order chi connectivity index (χ0) is 19.6. The summed E-state index contributed by atoms with van der Waals surface area (Å²) < 4.78 is 13.2. The fourth-order valence-corrected chi connectivity index (χ4v) is 3.52. The lowest BCUT2D eigenvalue weighted by atomic mass is 10.0. The Morgan fingerprint density at radius 1 is 1.30 bits per heavy atom. The standard InChI is InChI=1S/C21H26FN3O2/c1-14(2)19-13-24(21(27)18-10-15(3)11-23-18)9-8-20(26)25(19)12-16-4-6-17(22)7-5-16/h4-7,10-11,14,19,23H,8-9,12-13H2,1-3H3. The molecule has 1 aromatic heterocycles. The number of carbonyl (C=O) groups is 2. The molecule has 0 bridgehead atoms. The molecule has 6 heteroatoms. The van der Waals surface area contributed by atoms with Crippen LogP contribution in [0, 0.1) is 18.7 Å². The summed E-state index contributed by atoms with van der Waals surface area (Å²) in [6, 6.07) is 7.96. The molecule has 27 heavy (non-hydrogen) atoms. The molecule has 1 N–H and O–H groups in total. The number of nitrogens with zero attached hydrogens (tertiary/aromatic N) is 2. The van der Waals surface area contributed by atoms with E-state index in [9.17, 15) is 14.0 Å². The number of nitrogens with one attached hydrogen (secondary N) is 1. The molecule has 0 saturated carbocycles. The van der Waals surface area contributed by atoms with Crippen LogP contribution in [0.25, 0.3) is 0 Å². The largest absolute Gasteiger partial charge is 0.357 e. The van der Waals surface area contributed by atoms with E-state index < -0.39 is 0 Å². The van der Waals surface area contributed by atoms with Crippen molar-refractivity contribution in [3.05, 3.63) is 59.2 Å². The molecule has 1 fully saturated rings. The molecule has 0 spiro atoms. The Bertz CT molecular complexity index is 813. The van der Waals surface area contributed by atoms with Gasteiger partial charge in [0.15, 0.2) is 0 Å². The number of hydrogen-bond donors (Lipinski definition) is 1. The first-order chi connectivity index (χ1) is 12.8. The van der Waals surface area contributed by atoms with E-state index in [1.807, 2.05) is 17.9 Å². The van der Waals surface area contributed by atoms with Crippen LogP contribution in [-0.2, 0) is 11.3 Å². The van der Waals surface area contributed by atoms with E-state index in [1.165, 1.54) is 12.1 Å². The van der Waals surface area contributed by atoms with Crippen molar-refractivity contribution >= 4 is 11.8 Å². The van der Waals surface area contributed by atoms with Gasteiger partial charge in [0, 0.05) is 32.3 Å². The van der Waals surface area contributed by atoms with Crippen LogP contribution < -0.4 is 0 Å². The van der Waals surface area contributed by atoms with Gasteiger partial charge in [-0.2, -0.15) is 0 Å². The van der Waals surface area contributed by atoms with Gasteiger partial charge in [0.25, 0.3) is 5.91 Å². The summed E-state index contributed by atoms with van der Waals surface area (Å²) in [7, 11) is 0. The minimum Gasteiger partial charge on any atom is -0.357 e. The Kier molecular flexibility index (Phi) is 5.63. The summed E-state index contributed by atoms with van der Waals surface area (Å²) in [4.78, 5) is 32.3. The number of hydrogen-bond acceptors (Lipinski definition) is 2. The predicted molar refractivity (Wildman–Crippen MR) is 102 cm³/mol. The topological polar surface area (TPSA) is 56.4 Å².